The number of carbonyl (C=O) groups is 2. The van der Waals surface area contributed by atoms with Crippen LogP contribution in [0.4, 0.5) is 4.39 Å². The largest absolute Gasteiger partial charge is 0.494 e. The molecule has 2 N–H and O–H groups in total. The molecule has 0 aliphatic carbocycles. The fourth-order valence-electron chi connectivity index (χ4n) is 4.68. The third kappa shape index (κ3) is 8.91. The zero-order valence-electron chi connectivity index (χ0n) is 22.1. The van der Waals surface area contributed by atoms with Crippen molar-refractivity contribution in [3.8, 4) is 5.75 Å². The van der Waals surface area contributed by atoms with E-state index in [1.807, 2.05) is 13.8 Å². The van der Waals surface area contributed by atoms with Gasteiger partial charge in [0.2, 0.25) is 5.91 Å². The molecule has 0 radical (unpaired) electrons. The third-order valence-electron chi connectivity index (χ3n) is 6.81. The molecule has 0 aromatic heterocycles. The molecule has 9 heteroatoms. The van der Waals surface area contributed by atoms with Gasteiger partial charge in [0.25, 0.3) is 0 Å². The quantitative estimate of drug-likeness (QED) is 0.527. The molecule has 0 fully saturated rings. The number of fused-ring (bicyclic) bond motifs is 14. The van der Waals surface area contributed by atoms with E-state index in [-0.39, 0.29) is 42.0 Å². The monoisotopic (exact) mass is 547 g/mol. The van der Waals surface area contributed by atoms with Crippen molar-refractivity contribution in [3.63, 3.8) is 0 Å². The molecule has 2 aromatic carbocycles. The van der Waals surface area contributed by atoms with Crippen LogP contribution in [-0.4, -0.2) is 50.2 Å². The maximum absolute atomic E-state index is 13.6. The molecule has 0 spiro atoms. The predicted molar refractivity (Wildman–Crippen MR) is 143 cm³/mol. The van der Waals surface area contributed by atoms with Crippen LogP contribution in [0.15, 0.2) is 53.4 Å². The lowest BCUT2D eigenvalue weighted by Gasteiger charge is -2.25. The van der Waals surface area contributed by atoms with Crippen molar-refractivity contribution in [1.82, 2.24) is 5.32 Å². The number of ketones is 1. The summed E-state index contributed by atoms with van der Waals surface area (Å²) >= 11 is 0. The van der Waals surface area contributed by atoms with Crippen molar-refractivity contribution in [2.24, 2.45) is 17.8 Å². The number of rotatable bonds is 6. The van der Waals surface area contributed by atoms with Crippen LogP contribution in [0.2, 0.25) is 0 Å². The fraction of sp³-hybridized carbons (Fsp3) is 0.517. The summed E-state index contributed by atoms with van der Waals surface area (Å²) in [4.78, 5) is 26.7. The number of halogens is 1. The van der Waals surface area contributed by atoms with E-state index < -0.39 is 39.3 Å². The molecule has 7 nitrogen and oxygen atoms in total. The second kappa shape index (κ2) is 13.8. The van der Waals surface area contributed by atoms with E-state index in [9.17, 15) is 27.5 Å². The smallest absolute Gasteiger partial charge is 0.225 e. The van der Waals surface area contributed by atoms with Crippen LogP contribution >= 0.6 is 0 Å². The zero-order chi connectivity index (χ0) is 27.7. The van der Waals surface area contributed by atoms with E-state index in [1.54, 1.807) is 24.3 Å². The summed E-state index contributed by atoms with van der Waals surface area (Å²) in [6.45, 7) is 4.27. The van der Waals surface area contributed by atoms with Crippen molar-refractivity contribution < 1.29 is 32.2 Å². The van der Waals surface area contributed by atoms with Gasteiger partial charge in [-0.2, -0.15) is 0 Å². The van der Waals surface area contributed by atoms with Gasteiger partial charge in [-0.05, 0) is 85.9 Å². The van der Waals surface area contributed by atoms with Gasteiger partial charge in [0.1, 0.15) is 11.6 Å². The van der Waals surface area contributed by atoms with E-state index >= 15 is 0 Å². The summed E-state index contributed by atoms with van der Waals surface area (Å²) in [6.07, 6.45) is 2.90. The average molecular weight is 548 g/mol. The molecule has 3 atom stereocenters. The molecule has 2 bridgehead atoms. The Kier molecular flexibility index (Phi) is 10.8. The number of Topliss-reactive ketones (excluding diaryl/α,β-unsaturated/α-hetero) is 1. The topological polar surface area (TPSA) is 110 Å². The normalized spacial score (nSPS) is 22.1. The molecular weight excluding hydrogens is 509 g/mol. The lowest BCUT2D eigenvalue weighted by atomic mass is 9.90. The number of amides is 1. The number of aliphatic hydroxyl groups is 1. The number of ether oxygens (including phenoxy) is 1. The number of hydrogen-bond donors (Lipinski definition) is 2. The van der Waals surface area contributed by atoms with Gasteiger partial charge in [-0.1, -0.05) is 26.0 Å². The van der Waals surface area contributed by atoms with Crippen molar-refractivity contribution in [2.45, 2.75) is 63.3 Å². The van der Waals surface area contributed by atoms with Crippen LogP contribution in [0.5, 0.6) is 5.75 Å². The molecule has 208 valence electrons. The number of sulfone groups is 1. The Morgan fingerprint density at radius 2 is 1.71 bits per heavy atom. The number of carbonyl (C=O) groups excluding carboxylic acids is 2. The molecule has 0 saturated heterocycles. The number of hydrogen-bond acceptors (Lipinski definition) is 6. The van der Waals surface area contributed by atoms with Gasteiger partial charge in [-0.25, -0.2) is 12.8 Å². The summed E-state index contributed by atoms with van der Waals surface area (Å²) < 4.78 is 45.6. The summed E-state index contributed by atoms with van der Waals surface area (Å²) in [5, 5.41) is 12.7. The fourth-order valence-corrected chi connectivity index (χ4v) is 6.22. The number of aliphatic hydroxyl groups excluding tert-OH is 1. The lowest BCUT2D eigenvalue weighted by molar-refractivity contribution is -0.130. The second-order valence-electron chi connectivity index (χ2n) is 10.5. The predicted octanol–water partition coefficient (Wildman–Crippen LogP) is 4.12. The Bertz CT molecular complexity index is 1160. The SMILES string of the molecule is CC(C)C[C@@H]1NC(=O)[C@@H](CS(=O)(=O)c2ccc(F)cc2)Cc2ccc(cc2)OCCCC[C@@H](CO)CC1=O. The Balaban J connectivity index is 1.93. The van der Waals surface area contributed by atoms with Crippen LogP contribution in [-0.2, 0) is 25.8 Å². The van der Waals surface area contributed by atoms with E-state index in [2.05, 4.69) is 5.32 Å². The molecule has 2 aliphatic rings. The summed E-state index contributed by atoms with van der Waals surface area (Å²) in [5.74, 6) is -2.18. The van der Waals surface area contributed by atoms with Gasteiger partial charge in [0, 0.05) is 13.0 Å². The van der Waals surface area contributed by atoms with Crippen LogP contribution in [0.25, 0.3) is 0 Å². The van der Waals surface area contributed by atoms with E-state index in [0.29, 0.717) is 25.2 Å². The first-order chi connectivity index (χ1) is 18.1. The van der Waals surface area contributed by atoms with Gasteiger partial charge >= 0.3 is 0 Å². The molecule has 0 saturated carbocycles. The van der Waals surface area contributed by atoms with Gasteiger partial charge < -0.3 is 15.2 Å². The van der Waals surface area contributed by atoms with Gasteiger partial charge in [-0.3, -0.25) is 9.59 Å². The maximum Gasteiger partial charge on any atom is 0.225 e. The van der Waals surface area contributed by atoms with Gasteiger partial charge in [-0.15, -0.1) is 0 Å². The van der Waals surface area contributed by atoms with Gasteiger partial charge in [0.15, 0.2) is 15.6 Å². The van der Waals surface area contributed by atoms with Crippen LogP contribution in [0.3, 0.4) is 0 Å². The van der Waals surface area contributed by atoms with Crippen molar-refractivity contribution >= 4 is 21.5 Å². The highest BCUT2D eigenvalue weighted by Gasteiger charge is 2.31. The zero-order valence-corrected chi connectivity index (χ0v) is 22.9. The Morgan fingerprint density at radius 1 is 1.03 bits per heavy atom. The lowest BCUT2D eigenvalue weighted by Crippen LogP contribution is -2.46. The Labute approximate surface area is 224 Å². The first-order valence-electron chi connectivity index (χ1n) is 13.2. The van der Waals surface area contributed by atoms with E-state index in [1.165, 1.54) is 12.1 Å². The van der Waals surface area contributed by atoms with Gasteiger partial charge in [0.05, 0.1) is 29.2 Å². The number of nitrogens with one attached hydrogen (secondary N) is 1. The molecule has 2 aromatic rings. The highest BCUT2D eigenvalue weighted by atomic mass is 32.2. The van der Waals surface area contributed by atoms with Crippen molar-refractivity contribution in [3.05, 3.63) is 59.9 Å². The van der Waals surface area contributed by atoms with E-state index in [4.69, 9.17) is 4.74 Å². The summed E-state index contributed by atoms with van der Waals surface area (Å²) in [7, 11) is -3.93. The van der Waals surface area contributed by atoms with Crippen molar-refractivity contribution in [2.75, 3.05) is 19.0 Å². The third-order valence-corrected chi connectivity index (χ3v) is 8.64. The molecule has 38 heavy (non-hydrogen) atoms. The average Bonchev–Trinajstić information content (AvgIpc) is 2.87. The minimum atomic E-state index is -3.93. The molecular formula is C29H38FNO6S. The maximum atomic E-state index is 13.6. The molecule has 2 aliphatic heterocycles. The molecule has 1 amide bonds. The minimum Gasteiger partial charge on any atom is -0.494 e. The van der Waals surface area contributed by atoms with Crippen LogP contribution < -0.4 is 10.1 Å². The molecule has 4 rings (SSSR count). The van der Waals surface area contributed by atoms with E-state index in [0.717, 1.165) is 30.5 Å². The first kappa shape index (κ1) is 29.8. The highest BCUT2D eigenvalue weighted by molar-refractivity contribution is 7.91. The molecule has 0 unspecified atom stereocenters. The summed E-state index contributed by atoms with van der Waals surface area (Å²) in [6, 6.07) is 10.9. The number of benzene rings is 2. The summed E-state index contributed by atoms with van der Waals surface area (Å²) in [5.41, 5.74) is 0.753. The molecule has 2 heterocycles. The van der Waals surface area contributed by atoms with Crippen LogP contribution in [0, 0.1) is 23.6 Å². The Hall–Kier alpha value is -2.78. The second-order valence-corrected chi connectivity index (χ2v) is 12.6. The first-order valence-corrected chi connectivity index (χ1v) is 14.9. The van der Waals surface area contributed by atoms with Crippen LogP contribution in [0.1, 0.15) is 51.5 Å². The highest BCUT2D eigenvalue weighted by Crippen LogP contribution is 2.23. The van der Waals surface area contributed by atoms with Crippen molar-refractivity contribution in [1.29, 1.82) is 0 Å². The minimum absolute atomic E-state index is 0.0700. The standard InChI is InChI=1S/C29H38FNO6S/c1-20(2)15-27-28(33)17-22(18-32)5-3-4-14-37-25-10-6-21(7-11-25)16-23(29(34)31-27)19-38(35,36)26-12-8-24(30)9-13-26/h6-13,20,22-23,27,32H,3-5,14-19H2,1-2H3,(H,31,34)/t22-,23-,27+/m1/s1. The Morgan fingerprint density at radius 3 is 2.34 bits per heavy atom.